The van der Waals surface area contributed by atoms with Crippen molar-refractivity contribution in [1.29, 1.82) is 0 Å². The van der Waals surface area contributed by atoms with Crippen molar-refractivity contribution in [3.8, 4) is 5.75 Å². The van der Waals surface area contributed by atoms with Crippen LogP contribution < -0.4 is 9.64 Å². The Bertz CT molecular complexity index is 683. The number of hydrogen-bond donors (Lipinski definition) is 0. The molecule has 0 radical (unpaired) electrons. The average Bonchev–Trinajstić information content (AvgIpc) is 2.84. The Kier molecular flexibility index (Phi) is 4.30. The fraction of sp³-hybridized carbons (Fsp3) is 0.368. The van der Waals surface area contributed by atoms with E-state index in [1.54, 1.807) is 0 Å². The number of likely N-dealkylation sites (N-methyl/N-ethyl adjacent to an activating group) is 1. The van der Waals surface area contributed by atoms with Gasteiger partial charge < -0.3 is 9.64 Å². The molecular weight excluding hydrogens is 294 g/mol. The van der Waals surface area contributed by atoms with E-state index in [1.165, 1.54) is 22.4 Å². The Morgan fingerprint density at radius 3 is 2.77 bits per heavy atom. The summed E-state index contributed by atoms with van der Waals surface area (Å²) in [5.41, 5.74) is 5.03. The monoisotopic (exact) mass is 315 g/mol. The molecule has 0 aromatic heterocycles. The molecule has 0 spiro atoms. The number of benzene rings is 2. The van der Waals surface area contributed by atoms with E-state index in [0.29, 0.717) is 12.6 Å². The minimum absolute atomic E-state index is 0.373. The highest BCUT2D eigenvalue weighted by Crippen LogP contribution is 2.34. The van der Waals surface area contributed by atoms with Gasteiger partial charge in [0.25, 0.3) is 0 Å². The molecule has 1 heterocycles. The van der Waals surface area contributed by atoms with Crippen LogP contribution in [0.25, 0.3) is 0 Å². The van der Waals surface area contributed by atoms with Crippen molar-refractivity contribution < 1.29 is 4.74 Å². The highest BCUT2D eigenvalue weighted by Gasteiger charge is 2.28. The predicted molar refractivity (Wildman–Crippen MR) is 93.4 cm³/mol. The van der Waals surface area contributed by atoms with Crippen LogP contribution in [0, 0.1) is 13.8 Å². The predicted octanol–water partition coefficient (Wildman–Crippen LogP) is 4.79. The molecule has 2 aromatic carbocycles. The van der Waals surface area contributed by atoms with Crippen molar-refractivity contribution in [2.24, 2.45) is 0 Å². The van der Waals surface area contributed by atoms with Gasteiger partial charge in [-0.15, -0.1) is 0 Å². The lowest BCUT2D eigenvalue weighted by Crippen LogP contribution is -2.36. The number of hydrogen-bond acceptors (Lipinski definition) is 2. The van der Waals surface area contributed by atoms with Crippen LogP contribution in [0.1, 0.15) is 23.6 Å². The standard InChI is InChI=1S/C19H22ClNO/c1-4-21-17(11-15-10-16(20)7-8-18(15)21)12-22-19-9-13(2)5-6-14(19)3/h5-10,17H,4,11-12H2,1-3H3/t17-/m0/s1. The third kappa shape index (κ3) is 2.93. The summed E-state index contributed by atoms with van der Waals surface area (Å²) in [5, 5.41) is 0.811. The van der Waals surface area contributed by atoms with Gasteiger partial charge in [-0.2, -0.15) is 0 Å². The van der Waals surface area contributed by atoms with Gasteiger partial charge in [0, 0.05) is 17.3 Å². The highest BCUT2D eigenvalue weighted by atomic mass is 35.5. The number of nitrogens with zero attached hydrogens (tertiary/aromatic N) is 1. The van der Waals surface area contributed by atoms with Crippen molar-refractivity contribution in [3.63, 3.8) is 0 Å². The third-order valence-electron chi connectivity index (χ3n) is 4.36. The Hall–Kier alpha value is -1.67. The summed E-state index contributed by atoms with van der Waals surface area (Å²) in [4.78, 5) is 2.41. The lowest BCUT2D eigenvalue weighted by atomic mass is 10.1. The van der Waals surface area contributed by atoms with E-state index < -0.39 is 0 Å². The van der Waals surface area contributed by atoms with Crippen molar-refractivity contribution in [1.82, 2.24) is 0 Å². The van der Waals surface area contributed by atoms with Crippen LogP contribution in [-0.4, -0.2) is 19.2 Å². The molecule has 3 heteroatoms. The SMILES string of the molecule is CCN1c2ccc(Cl)cc2C[C@H]1COc1cc(C)ccc1C. The molecule has 0 unspecified atom stereocenters. The van der Waals surface area contributed by atoms with Gasteiger partial charge in [-0.25, -0.2) is 0 Å². The molecule has 2 aromatic rings. The summed E-state index contributed by atoms with van der Waals surface area (Å²) in [7, 11) is 0. The van der Waals surface area contributed by atoms with E-state index >= 15 is 0 Å². The second-order valence-corrected chi connectivity index (χ2v) is 6.43. The van der Waals surface area contributed by atoms with Gasteiger partial charge in [0.1, 0.15) is 12.4 Å². The van der Waals surface area contributed by atoms with Crippen LogP contribution in [0.2, 0.25) is 5.02 Å². The van der Waals surface area contributed by atoms with Crippen LogP contribution in [0.4, 0.5) is 5.69 Å². The summed E-state index contributed by atoms with van der Waals surface area (Å²) in [6, 6.07) is 12.9. The largest absolute Gasteiger partial charge is 0.491 e. The number of anilines is 1. The minimum Gasteiger partial charge on any atom is -0.491 e. The fourth-order valence-electron chi connectivity index (χ4n) is 3.18. The first kappa shape index (κ1) is 15.2. The summed E-state index contributed by atoms with van der Waals surface area (Å²) >= 11 is 6.12. The zero-order valence-corrected chi connectivity index (χ0v) is 14.2. The van der Waals surface area contributed by atoms with Crippen molar-refractivity contribution in [2.75, 3.05) is 18.1 Å². The molecule has 0 fully saturated rings. The first-order chi connectivity index (χ1) is 10.6. The fourth-order valence-corrected chi connectivity index (χ4v) is 3.38. The summed E-state index contributed by atoms with van der Waals surface area (Å²) in [6.45, 7) is 8.06. The van der Waals surface area contributed by atoms with Gasteiger partial charge in [0.2, 0.25) is 0 Å². The van der Waals surface area contributed by atoms with E-state index in [4.69, 9.17) is 16.3 Å². The number of aryl methyl sites for hydroxylation is 2. The molecule has 2 nitrogen and oxygen atoms in total. The molecule has 116 valence electrons. The minimum atomic E-state index is 0.373. The van der Waals surface area contributed by atoms with Gasteiger partial charge in [0.05, 0.1) is 6.04 Å². The van der Waals surface area contributed by atoms with Crippen molar-refractivity contribution in [3.05, 3.63) is 58.1 Å². The zero-order chi connectivity index (χ0) is 15.7. The smallest absolute Gasteiger partial charge is 0.122 e. The second-order valence-electron chi connectivity index (χ2n) is 6.00. The Balaban J connectivity index is 1.75. The van der Waals surface area contributed by atoms with E-state index in [-0.39, 0.29) is 0 Å². The van der Waals surface area contributed by atoms with Crippen molar-refractivity contribution >= 4 is 17.3 Å². The molecule has 1 aliphatic heterocycles. The van der Waals surface area contributed by atoms with E-state index in [2.05, 4.69) is 56.0 Å². The van der Waals surface area contributed by atoms with Crippen LogP contribution in [0.3, 0.4) is 0 Å². The summed E-state index contributed by atoms with van der Waals surface area (Å²) in [6.07, 6.45) is 0.995. The molecule has 0 saturated heterocycles. The molecule has 0 saturated carbocycles. The maximum absolute atomic E-state index is 6.12. The zero-order valence-electron chi connectivity index (χ0n) is 13.4. The van der Waals surface area contributed by atoms with E-state index in [1.807, 2.05) is 6.07 Å². The van der Waals surface area contributed by atoms with Crippen LogP contribution in [-0.2, 0) is 6.42 Å². The number of ether oxygens (including phenoxy) is 1. The highest BCUT2D eigenvalue weighted by molar-refractivity contribution is 6.30. The molecule has 1 aliphatic rings. The molecule has 0 N–H and O–H groups in total. The maximum Gasteiger partial charge on any atom is 0.122 e. The van der Waals surface area contributed by atoms with Gasteiger partial charge >= 0.3 is 0 Å². The van der Waals surface area contributed by atoms with Gasteiger partial charge in [-0.05, 0) is 68.1 Å². The van der Waals surface area contributed by atoms with Crippen LogP contribution in [0.5, 0.6) is 5.75 Å². The van der Waals surface area contributed by atoms with Crippen LogP contribution in [0.15, 0.2) is 36.4 Å². The van der Waals surface area contributed by atoms with E-state index in [9.17, 15) is 0 Å². The summed E-state index contributed by atoms with van der Waals surface area (Å²) < 4.78 is 6.12. The molecule has 0 aliphatic carbocycles. The second kappa shape index (κ2) is 6.21. The lowest BCUT2D eigenvalue weighted by Gasteiger charge is -2.26. The van der Waals surface area contributed by atoms with Crippen LogP contribution >= 0.6 is 11.6 Å². The van der Waals surface area contributed by atoms with E-state index in [0.717, 1.165) is 23.7 Å². The molecule has 0 bridgehead atoms. The van der Waals surface area contributed by atoms with Gasteiger partial charge in [-0.1, -0.05) is 23.7 Å². The number of rotatable bonds is 4. The van der Waals surface area contributed by atoms with Gasteiger partial charge in [-0.3, -0.25) is 0 Å². The number of fused-ring (bicyclic) bond motifs is 1. The Morgan fingerprint density at radius 1 is 1.18 bits per heavy atom. The molecular formula is C19H22ClNO. The first-order valence-corrected chi connectivity index (χ1v) is 8.21. The lowest BCUT2D eigenvalue weighted by molar-refractivity contribution is 0.284. The Labute approximate surface area is 137 Å². The topological polar surface area (TPSA) is 12.5 Å². The molecule has 22 heavy (non-hydrogen) atoms. The molecule has 0 amide bonds. The third-order valence-corrected chi connectivity index (χ3v) is 4.60. The quantitative estimate of drug-likeness (QED) is 0.804. The normalized spacial score (nSPS) is 16.7. The molecule has 1 atom stereocenters. The molecule has 3 rings (SSSR count). The first-order valence-electron chi connectivity index (χ1n) is 7.83. The van der Waals surface area contributed by atoms with Crippen molar-refractivity contribution in [2.45, 2.75) is 33.2 Å². The Morgan fingerprint density at radius 2 is 2.00 bits per heavy atom. The average molecular weight is 316 g/mol. The maximum atomic E-state index is 6.12. The summed E-state index contributed by atoms with van der Waals surface area (Å²) in [5.74, 6) is 0.991. The van der Waals surface area contributed by atoms with Gasteiger partial charge in [0.15, 0.2) is 0 Å². The number of halogens is 1.